The number of methoxy groups -OCH3 is 2. The maximum Gasteiger partial charge on any atom is 0.253 e. The quantitative estimate of drug-likeness (QED) is 0.374. The molecule has 0 aliphatic carbocycles. The number of aliphatic imine (C=N–C) groups is 1. The van der Waals surface area contributed by atoms with Crippen molar-refractivity contribution >= 4 is 17.8 Å². The summed E-state index contributed by atoms with van der Waals surface area (Å²) in [6, 6.07) is 4.73. The minimum Gasteiger partial charge on any atom is -0.493 e. The molecule has 1 aromatic rings. The monoisotopic (exact) mass is 420 g/mol. The van der Waals surface area contributed by atoms with Gasteiger partial charge in [0.1, 0.15) is 6.04 Å². The topological polar surface area (TPSA) is 115 Å². The molecule has 0 fully saturated rings. The van der Waals surface area contributed by atoms with E-state index in [9.17, 15) is 9.59 Å². The van der Waals surface area contributed by atoms with Crippen molar-refractivity contribution in [2.75, 3.05) is 14.2 Å². The number of guanidine groups is 1. The highest BCUT2D eigenvalue weighted by Gasteiger charge is 2.22. The van der Waals surface area contributed by atoms with E-state index in [2.05, 4.69) is 29.5 Å². The molecule has 168 valence electrons. The third-order valence-electron chi connectivity index (χ3n) is 5.02. The normalized spacial score (nSPS) is 14.4. The van der Waals surface area contributed by atoms with E-state index in [1.807, 2.05) is 13.8 Å². The zero-order valence-corrected chi connectivity index (χ0v) is 19.0. The Balaban J connectivity index is 2.84. The van der Waals surface area contributed by atoms with Crippen LogP contribution in [0.2, 0.25) is 0 Å². The lowest BCUT2D eigenvalue weighted by Crippen LogP contribution is -2.51. The lowest BCUT2D eigenvalue weighted by Gasteiger charge is -2.23. The van der Waals surface area contributed by atoms with Crippen LogP contribution in [0.4, 0.5) is 0 Å². The van der Waals surface area contributed by atoms with Crippen molar-refractivity contribution in [2.24, 2.45) is 16.6 Å². The van der Waals surface area contributed by atoms with Crippen LogP contribution in [0, 0.1) is 5.92 Å². The molecular formula is C22H36N4O4. The van der Waals surface area contributed by atoms with Gasteiger partial charge in [-0.2, -0.15) is 4.99 Å². The molecule has 3 atom stereocenters. The first-order valence-corrected chi connectivity index (χ1v) is 10.4. The Labute approximate surface area is 179 Å². The van der Waals surface area contributed by atoms with Gasteiger partial charge in [0.05, 0.1) is 20.6 Å². The van der Waals surface area contributed by atoms with Gasteiger partial charge in [-0.1, -0.05) is 33.3 Å². The maximum atomic E-state index is 12.6. The van der Waals surface area contributed by atoms with Crippen molar-refractivity contribution in [3.63, 3.8) is 0 Å². The molecule has 8 heteroatoms. The summed E-state index contributed by atoms with van der Waals surface area (Å²) >= 11 is 0. The summed E-state index contributed by atoms with van der Waals surface area (Å²) in [5, 5.41) is 5.88. The van der Waals surface area contributed by atoms with Gasteiger partial charge in [-0.15, -0.1) is 0 Å². The van der Waals surface area contributed by atoms with E-state index < -0.39 is 11.9 Å². The summed E-state index contributed by atoms with van der Waals surface area (Å²) in [5.74, 6) is 0.812. The molecule has 2 amide bonds. The van der Waals surface area contributed by atoms with Gasteiger partial charge in [0.25, 0.3) is 5.91 Å². The Morgan fingerprint density at radius 2 is 1.73 bits per heavy atom. The number of amides is 2. The van der Waals surface area contributed by atoms with E-state index in [0.717, 1.165) is 18.4 Å². The molecule has 0 bridgehead atoms. The summed E-state index contributed by atoms with van der Waals surface area (Å²) in [4.78, 5) is 28.9. The molecule has 8 nitrogen and oxygen atoms in total. The Kier molecular flexibility index (Phi) is 10.7. The van der Waals surface area contributed by atoms with Gasteiger partial charge in [-0.3, -0.25) is 9.59 Å². The summed E-state index contributed by atoms with van der Waals surface area (Å²) in [6.45, 7) is 8.09. The molecule has 0 spiro atoms. The van der Waals surface area contributed by atoms with Crippen LogP contribution in [-0.4, -0.2) is 44.1 Å². The first-order chi connectivity index (χ1) is 14.2. The molecule has 4 N–H and O–H groups in total. The van der Waals surface area contributed by atoms with E-state index >= 15 is 0 Å². The fraction of sp³-hybridized carbons (Fsp3) is 0.591. The van der Waals surface area contributed by atoms with Crippen molar-refractivity contribution in [2.45, 2.75) is 65.5 Å². The minimum atomic E-state index is -0.549. The van der Waals surface area contributed by atoms with Crippen molar-refractivity contribution in [1.82, 2.24) is 10.6 Å². The number of hydrogen-bond donors (Lipinski definition) is 3. The molecule has 0 saturated carbocycles. The molecule has 0 aromatic heterocycles. The van der Waals surface area contributed by atoms with E-state index in [0.29, 0.717) is 23.8 Å². The van der Waals surface area contributed by atoms with Crippen LogP contribution in [0.25, 0.3) is 0 Å². The standard InChI is InChI=1S/C22H36N4O4/c1-7-14(3)11-17(21(28)24-15(4)8-2)25-22(23)26-20(27)13-16-9-10-18(29-5)19(12-16)30-6/h9-10,12,14-15,17H,7-8,11,13H2,1-6H3,(H,24,28)(H3,23,25,26,27). The van der Waals surface area contributed by atoms with E-state index in [4.69, 9.17) is 15.2 Å². The second-order valence-corrected chi connectivity index (χ2v) is 7.52. The molecule has 3 unspecified atom stereocenters. The Morgan fingerprint density at radius 1 is 1.07 bits per heavy atom. The first kappa shape index (κ1) is 25.3. The zero-order valence-electron chi connectivity index (χ0n) is 19.0. The molecular weight excluding hydrogens is 384 g/mol. The predicted molar refractivity (Wildman–Crippen MR) is 119 cm³/mol. The molecule has 1 rings (SSSR count). The number of hydrogen-bond acceptors (Lipinski definition) is 4. The van der Waals surface area contributed by atoms with Crippen LogP contribution >= 0.6 is 0 Å². The second-order valence-electron chi connectivity index (χ2n) is 7.52. The van der Waals surface area contributed by atoms with Crippen LogP contribution in [0.3, 0.4) is 0 Å². The average molecular weight is 421 g/mol. The van der Waals surface area contributed by atoms with E-state index in [-0.39, 0.29) is 24.3 Å². The van der Waals surface area contributed by atoms with Crippen LogP contribution < -0.4 is 25.8 Å². The largest absolute Gasteiger partial charge is 0.493 e. The predicted octanol–water partition coefficient (Wildman–Crippen LogP) is 2.40. The van der Waals surface area contributed by atoms with Crippen LogP contribution in [0.1, 0.15) is 52.5 Å². The van der Waals surface area contributed by atoms with Crippen molar-refractivity contribution in [3.8, 4) is 11.5 Å². The fourth-order valence-electron chi connectivity index (χ4n) is 2.80. The third-order valence-corrected chi connectivity index (χ3v) is 5.02. The van der Waals surface area contributed by atoms with Crippen LogP contribution in [0.15, 0.2) is 23.2 Å². The Bertz CT molecular complexity index is 736. The highest BCUT2D eigenvalue weighted by molar-refractivity contribution is 5.95. The van der Waals surface area contributed by atoms with Crippen LogP contribution in [-0.2, 0) is 16.0 Å². The fourth-order valence-corrected chi connectivity index (χ4v) is 2.80. The van der Waals surface area contributed by atoms with Gasteiger partial charge in [0.15, 0.2) is 17.5 Å². The molecule has 30 heavy (non-hydrogen) atoms. The number of carbonyl (C=O) groups is 2. The lowest BCUT2D eigenvalue weighted by molar-refractivity contribution is -0.124. The number of nitrogens with one attached hydrogen (secondary N) is 2. The molecule has 0 radical (unpaired) electrons. The summed E-state index contributed by atoms with van der Waals surface area (Å²) in [5.41, 5.74) is 6.66. The van der Waals surface area contributed by atoms with E-state index in [1.165, 1.54) is 7.11 Å². The first-order valence-electron chi connectivity index (χ1n) is 10.4. The SMILES string of the molecule is CCC(C)CC(NC(N)=NC(=O)Cc1ccc(OC)c(OC)c1)C(=O)NC(C)CC. The van der Waals surface area contributed by atoms with Crippen molar-refractivity contribution in [3.05, 3.63) is 23.8 Å². The number of benzene rings is 1. The maximum absolute atomic E-state index is 12.6. The number of ether oxygens (including phenoxy) is 2. The lowest BCUT2D eigenvalue weighted by atomic mass is 9.98. The Morgan fingerprint density at radius 3 is 2.30 bits per heavy atom. The summed E-state index contributed by atoms with van der Waals surface area (Å²) < 4.78 is 10.5. The zero-order chi connectivity index (χ0) is 22.7. The van der Waals surface area contributed by atoms with Crippen molar-refractivity contribution < 1.29 is 19.1 Å². The highest BCUT2D eigenvalue weighted by atomic mass is 16.5. The molecule has 0 aliphatic heterocycles. The molecule has 0 heterocycles. The highest BCUT2D eigenvalue weighted by Crippen LogP contribution is 2.27. The second kappa shape index (κ2) is 12.7. The van der Waals surface area contributed by atoms with Crippen LogP contribution in [0.5, 0.6) is 11.5 Å². The minimum absolute atomic E-state index is 0.0534. The van der Waals surface area contributed by atoms with Gasteiger partial charge >= 0.3 is 0 Å². The molecule has 0 aliphatic rings. The average Bonchev–Trinajstić information content (AvgIpc) is 2.72. The summed E-state index contributed by atoms with van der Waals surface area (Å²) in [7, 11) is 3.08. The number of rotatable bonds is 11. The smallest absolute Gasteiger partial charge is 0.253 e. The number of nitrogens with two attached hydrogens (primary N) is 1. The van der Waals surface area contributed by atoms with Gasteiger partial charge < -0.3 is 25.8 Å². The van der Waals surface area contributed by atoms with Crippen molar-refractivity contribution in [1.29, 1.82) is 0 Å². The summed E-state index contributed by atoms with van der Waals surface area (Å²) in [6.07, 6.45) is 2.41. The Hall–Kier alpha value is -2.77. The molecule has 0 saturated heterocycles. The van der Waals surface area contributed by atoms with Gasteiger partial charge in [-0.25, -0.2) is 0 Å². The number of carbonyl (C=O) groups excluding carboxylic acids is 2. The number of nitrogens with zero attached hydrogens (tertiary/aromatic N) is 1. The molecule has 1 aromatic carbocycles. The van der Waals surface area contributed by atoms with Gasteiger partial charge in [0, 0.05) is 6.04 Å². The van der Waals surface area contributed by atoms with Gasteiger partial charge in [0.2, 0.25) is 5.91 Å². The van der Waals surface area contributed by atoms with Gasteiger partial charge in [-0.05, 0) is 43.4 Å². The third kappa shape index (κ3) is 8.31. The van der Waals surface area contributed by atoms with E-state index in [1.54, 1.807) is 25.3 Å².